The molecule has 0 fully saturated rings. The van der Waals surface area contributed by atoms with Crippen LogP contribution in [-0.4, -0.2) is 23.8 Å². The number of hydrogen-bond donors (Lipinski definition) is 1. The fourth-order valence-electron chi connectivity index (χ4n) is 2.54. The molecule has 3 rings (SSSR count). The van der Waals surface area contributed by atoms with Crippen LogP contribution in [0.2, 0.25) is 0 Å². The fraction of sp³-hybridized carbons (Fsp3) is 0.158. The second kappa shape index (κ2) is 7.85. The normalized spacial score (nSPS) is 10.2. The minimum absolute atomic E-state index is 0. The van der Waals surface area contributed by atoms with E-state index in [9.17, 15) is 9.59 Å². The van der Waals surface area contributed by atoms with Gasteiger partial charge in [-0.3, -0.25) is 4.79 Å². The van der Waals surface area contributed by atoms with E-state index in [4.69, 9.17) is 4.74 Å². The van der Waals surface area contributed by atoms with Crippen LogP contribution in [0.3, 0.4) is 0 Å². The summed E-state index contributed by atoms with van der Waals surface area (Å²) >= 11 is 0. The first-order chi connectivity index (χ1) is 11.6. The average Bonchev–Trinajstić information content (AvgIpc) is 3.01. The molecule has 6 heteroatoms. The lowest BCUT2D eigenvalue weighted by Crippen LogP contribution is -2.15. The molecule has 1 N–H and O–H groups in total. The van der Waals surface area contributed by atoms with Crippen LogP contribution < -0.4 is 4.74 Å². The van der Waals surface area contributed by atoms with E-state index in [2.05, 4.69) is 9.72 Å². The van der Waals surface area contributed by atoms with Crippen molar-refractivity contribution in [3.63, 3.8) is 0 Å². The van der Waals surface area contributed by atoms with Gasteiger partial charge in [-0.15, -0.1) is 12.4 Å². The highest BCUT2D eigenvalue weighted by Crippen LogP contribution is 2.28. The molecule has 2 aromatic carbocycles. The lowest BCUT2D eigenvalue weighted by Gasteiger charge is -2.10. The molecule has 25 heavy (non-hydrogen) atoms. The number of fused-ring (bicyclic) bond motifs is 1. The van der Waals surface area contributed by atoms with Crippen LogP contribution in [0.15, 0.2) is 48.7 Å². The molecule has 130 valence electrons. The Morgan fingerprint density at radius 1 is 1.12 bits per heavy atom. The van der Waals surface area contributed by atoms with Gasteiger partial charge in [-0.1, -0.05) is 30.3 Å². The summed E-state index contributed by atoms with van der Waals surface area (Å²) in [5.41, 5.74) is 3.04. The minimum atomic E-state index is -0.886. The number of hydrogen-bond acceptors (Lipinski definition) is 4. The molecule has 0 spiro atoms. The molecule has 0 aliphatic rings. The molecule has 0 radical (unpaired) electrons. The van der Waals surface area contributed by atoms with Gasteiger partial charge in [0.05, 0.1) is 12.7 Å². The number of Topliss-reactive ketones (excluding diaryl/α,β-unsaturated/α-hetero) is 1. The lowest BCUT2D eigenvalue weighted by molar-refractivity contribution is -0.135. The fourth-order valence-corrected chi connectivity index (χ4v) is 2.54. The molecule has 0 unspecified atom stereocenters. The summed E-state index contributed by atoms with van der Waals surface area (Å²) < 4.78 is 10.4. The van der Waals surface area contributed by atoms with Gasteiger partial charge in [0.1, 0.15) is 12.4 Å². The van der Waals surface area contributed by atoms with Crippen molar-refractivity contribution in [1.29, 1.82) is 0 Å². The zero-order valence-corrected chi connectivity index (χ0v) is 14.7. The number of aromatic nitrogens is 1. The molecule has 0 aliphatic heterocycles. The number of ether oxygens (including phenoxy) is 2. The number of carbonyl (C=O) groups is 2. The number of halogens is 1. The molecule has 0 aliphatic carbocycles. The molecule has 1 aromatic heterocycles. The average molecular weight is 360 g/mol. The maximum Gasteiger partial charge on any atom is 0.379 e. The second-order valence-corrected chi connectivity index (χ2v) is 5.46. The smallest absolute Gasteiger partial charge is 0.379 e. The third-order valence-corrected chi connectivity index (χ3v) is 3.83. The molecular weight excluding hydrogens is 342 g/mol. The first kappa shape index (κ1) is 18.5. The number of aryl methyl sites for hydroxylation is 1. The monoisotopic (exact) mass is 359 g/mol. The quantitative estimate of drug-likeness (QED) is 0.427. The van der Waals surface area contributed by atoms with Crippen LogP contribution in [-0.2, 0) is 16.1 Å². The highest BCUT2D eigenvalue weighted by Gasteiger charge is 2.21. The number of benzene rings is 2. The van der Waals surface area contributed by atoms with E-state index in [1.807, 2.05) is 43.3 Å². The number of rotatable bonds is 5. The Balaban J connectivity index is 0.00000225. The van der Waals surface area contributed by atoms with E-state index >= 15 is 0 Å². The Morgan fingerprint density at radius 2 is 1.84 bits per heavy atom. The largest absolute Gasteiger partial charge is 0.489 e. The summed E-state index contributed by atoms with van der Waals surface area (Å²) in [6, 6.07) is 13.5. The molecule has 5 nitrogen and oxygen atoms in total. The number of H-pyrrole nitrogens is 1. The number of carbonyl (C=O) groups excluding carboxylic acids is 2. The highest BCUT2D eigenvalue weighted by atomic mass is 35.5. The SMILES string of the molecule is COC(=O)C(=O)c1c[nH]c2cc(C)c(OCc3ccccc3)cc12.Cl. The lowest BCUT2D eigenvalue weighted by atomic mass is 10.1. The number of methoxy groups -OCH3 is 1. The van der Waals surface area contributed by atoms with Gasteiger partial charge >= 0.3 is 5.97 Å². The first-order valence-electron chi connectivity index (χ1n) is 7.51. The topological polar surface area (TPSA) is 68.4 Å². The van der Waals surface area contributed by atoms with Gasteiger partial charge in [-0.25, -0.2) is 4.79 Å². The third-order valence-electron chi connectivity index (χ3n) is 3.83. The first-order valence-corrected chi connectivity index (χ1v) is 7.51. The van der Waals surface area contributed by atoms with E-state index < -0.39 is 11.8 Å². The van der Waals surface area contributed by atoms with E-state index in [1.54, 1.807) is 6.07 Å². The Kier molecular flexibility index (Phi) is 5.83. The molecule has 3 aromatic rings. The van der Waals surface area contributed by atoms with Gasteiger partial charge < -0.3 is 14.5 Å². The Bertz CT molecular complexity index is 902. The molecule has 0 bridgehead atoms. The van der Waals surface area contributed by atoms with Gasteiger partial charge in [0.25, 0.3) is 5.78 Å². The highest BCUT2D eigenvalue weighted by molar-refractivity contribution is 6.43. The predicted octanol–water partition coefficient (Wildman–Crippen LogP) is 3.83. The molecule has 0 saturated heterocycles. The number of ketones is 1. The van der Waals surface area contributed by atoms with E-state index in [-0.39, 0.29) is 18.0 Å². The van der Waals surface area contributed by atoms with Crippen LogP contribution in [0.1, 0.15) is 21.5 Å². The summed E-state index contributed by atoms with van der Waals surface area (Å²) in [4.78, 5) is 26.6. The molecule has 0 saturated carbocycles. The Hall–Kier alpha value is -2.79. The van der Waals surface area contributed by atoms with Gasteiger partial charge in [0.2, 0.25) is 0 Å². The van der Waals surface area contributed by atoms with Crippen molar-refractivity contribution >= 4 is 35.1 Å². The number of aromatic amines is 1. The van der Waals surface area contributed by atoms with Crippen LogP contribution in [0.25, 0.3) is 10.9 Å². The Labute approximate surface area is 151 Å². The third kappa shape index (κ3) is 3.83. The second-order valence-electron chi connectivity index (χ2n) is 5.46. The summed E-state index contributed by atoms with van der Waals surface area (Å²) in [7, 11) is 1.19. The predicted molar refractivity (Wildman–Crippen MR) is 97.4 cm³/mol. The molecular formula is C19H18ClNO4. The summed E-state index contributed by atoms with van der Waals surface area (Å²) in [5, 5.41) is 0.638. The van der Waals surface area contributed by atoms with Crippen molar-refractivity contribution in [3.05, 3.63) is 65.4 Å². The van der Waals surface area contributed by atoms with Crippen LogP contribution in [0, 0.1) is 6.92 Å². The molecule has 0 amide bonds. The standard InChI is InChI=1S/C19H17NO4.ClH/c1-12-8-16-14(15(10-20-16)18(21)19(22)23-2)9-17(12)24-11-13-6-4-3-5-7-13;/h3-10,20H,11H2,1-2H3;1H. The molecule has 0 atom stereocenters. The summed E-state index contributed by atoms with van der Waals surface area (Å²) in [6.07, 6.45) is 1.52. The van der Waals surface area contributed by atoms with Crippen molar-refractivity contribution in [1.82, 2.24) is 4.98 Å². The van der Waals surface area contributed by atoms with Gasteiger partial charge in [-0.2, -0.15) is 0 Å². The van der Waals surface area contributed by atoms with Crippen molar-refractivity contribution < 1.29 is 19.1 Å². The van der Waals surface area contributed by atoms with Crippen LogP contribution in [0.4, 0.5) is 0 Å². The Morgan fingerprint density at radius 3 is 2.52 bits per heavy atom. The molecule has 1 heterocycles. The zero-order valence-electron chi connectivity index (χ0n) is 13.9. The van der Waals surface area contributed by atoms with E-state index in [0.717, 1.165) is 16.6 Å². The maximum atomic E-state index is 12.1. The van der Waals surface area contributed by atoms with Crippen LogP contribution in [0.5, 0.6) is 5.75 Å². The number of nitrogens with one attached hydrogen (secondary N) is 1. The van der Waals surface area contributed by atoms with E-state index in [1.165, 1.54) is 13.3 Å². The maximum absolute atomic E-state index is 12.1. The van der Waals surface area contributed by atoms with Crippen molar-refractivity contribution in [2.75, 3.05) is 7.11 Å². The number of esters is 1. The zero-order chi connectivity index (χ0) is 17.1. The van der Waals surface area contributed by atoms with Crippen molar-refractivity contribution in [2.24, 2.45) is 0 Å². The van der Waals surface area contributed by atoms with Crippen molar-refractivity contribution in [3.8, 4) is 5.75 Å². The van der Waals surface area contributed by atoms with E-state index in [0.29, 0.717) is 17.7 Å². The van der Waals surface area contributed by atoms with Crippen molar-refractivity contribution in [2.45, 2.75) is 13.5 Å². The van der Waals surface area contributed by atoms with Crippen LogP contribution >= 0.6 is 12.4 Å². The summed E-state index contributed by atoms with van der Waals surface area (Å²) in [5.74, 6) is -0.894. The summed E-state index contributed by atoms with van der Waals surface area (Å²) in [6.45, 7) is 2.36. The van der Waals surface area contributed by atoms with Gasteiger partial charge in [-0.05, 0) is 30.2 Å². The minimum Gasteiger partial charge on any atom is -0.489 e. The van der Waals surface area contributed by atoms with Gasteiger partial charge in [0, 0.05) is 17.1 Å². The van der Waals surface area contributed by atoms with Gasteiger partial charge in [0.15, 0.2) is 0 Å².